The summed E-state index contributed by atoms with van der Waals surface area (Å²) in [7, 11) is 1.49. The van der Waals surface area contributed by atoms with Crippen molar-refractivity contribution >= 4 is 85.7 Å². The average Bonchev–Trinajstić information content (AvgIpc) is 3.23. The molecule has 0 aliphatic carbocycles. The maximum absolute atomic E-state index is 13.1. The van der Waals surface area contributed by atoms with Crippen LogP contribution in [0.15, 0.2) is 64.0 Å². The number of anilines is 1. The third kappa shape index (κ3) is 8.32. The van der Waals surface area contributed by atoms with E-state index in [0.717, 1.165) is 10.5 Å². The lowest BCUT2D eigenvalue weighted by Gasteiger charge is -2.14. The number of benzene rings is 3. The highest BCUT2D eigenvalue weighted by Crippen LogP contribution is 2.39. The minimum atomic E-state index is -0.634. The first-order chi connectivity index (χ1) is 20.6. The molecule has 0 aromatic heterocycles. The summed E-state index contributed by atoms with van der Waals surface area (Å²) in [6.45, 7) is 1.83. The highest BCUT2D eigenvalue weighted by molar-refractivity contribution is 9.10. The summed E-state index contributed by atoms with van der Waals surface area (Å²) in [6.07, 6.45) is 2.17. The van der Waals surface area contributed by atoms with E-state index in [9.17, 15) is 19.2 Å². The average molecular weight is 708 g/mol. The molecule has 0 radical (unpaired) electrons. The van der Waals surface area contributed by atoms with Crippen molar-refractivity contribution in [2.75, 3.05) is 25.6 Å². The summed E-state index contributed by atoms with van der Waals surface area (Å²) in [6, 6.07) is 15.0. The molecular weight excluding hydrogens is 683 g/mol. The number of hydrogen-bond donors (Lipinski definition) is 1. The number of hydrogen-bond acceptors (Lipinski definition) is 8. The minimum absolute atomic E-state index is 0.0880. The molecular formula is C30H25BrCl2N2O7S. The number of methoxy groups -OCH3 is 1. The molecule has 1 aliphatic rings. The SMILES string of the molecule is CCCOC(=O)c1cc(NC(=O)CN2C(=O)S/C(=C/c3cc(Br)c(OCc4ccc(Cl)cc4)c(OC)c3)C2=O)ccc1Cl. The first-order valence-electron chi connectivity index (χ1n) is 12.9. The molecule has 43 heavy (non-hydrogen) atoms. The smallest absolute Gasteiger partial charge is 0.339 e. The second kappa shape index (κ2) is 14.8. The van der Waals surface area contributed by atoms with E-state index in [1.807, 2.05) is 19.1 Å². The van der Waals surface area contributed by atoms with Crippen LogP contribution in [0.3, 0.4) is 0 Å². The Bertz CT molecular complexity index is 1600. The predicted octanol–water partition coefficient (Wildman–Crippen LogP) is 7.59. The van der Waals surface area contributed by atoms with Crippen LogP contribution in [0.1, 0.15) is 34.8 Å². The van der Waals surface area contributed by atoms with E-state index >= 15 is 0 Å². The number of halogens is 3. The number of nitrogens with one attached hydrogen (secondary N) is 1. The van der Waals surface area contributed by atoms with E-state index in [2.05, 4.69) is 21.2 Å². The van der Waals surface area contributed by atoms with Gasteiger partial charge in [-0.1, -0.05) is 42.3 Å². The predicted molar refractivity (Wildman–Crippen MR) is 170 cm³/mol. The molecule has 1 fully saturated rings. The number of ether oxygens (including phenoxy) is 3. The van der Waals surface area contributed by atoms with Crippen LogP contribution in [0.2, 0.25) is 10.0 Å². The summed E-state index contributed by atoms with van der Waals surface area (Å²) in [5.41, 5.74) is 1.83. The Labute approximate surface area is 270 Å². The van der Waals surface area contributed by atoms with Crippen LogP contribution in [0.25, 0.3) is 6.08 Å². The lowest BCUT2D eigenvalue weighted by atomic mass is 10.1. The van der Waals surface area contributed by atoms with Crippen molar-refractivity contribution < 1.29 is 33.4 Å². The van der Waals surface area contributed by atoms with Crippen molar-refractivity contribution in [3.8, 4) is 11.5 Å². The Hall–Kier alpha value is -3.51. The maximum atomic E-state index is 13.1. The Balaban J connectivity index is 1.43. The highest BCUT2D eigenvalue weighted by atomic mass is 79.9. The van der Waals surface area contributed by atoms with Crippen LogP contribution in [0.4, 0.5) is 10.5 Å². The number of carbonyl (C=O) groups is 4. The Kier molecular flexibility index (Phi) is 11.1. The van der Waals surface area contributed by atoms with Crippen LogP contribution in [0, 0.1) is 0 Å². The summed E-state index contributed by atoms with van der Waals surface area (Å²) in [4.78, 5) is 51.7. The standard InChI is InChI=1S/C30H25BrCl2N2O7S/c1-3-10-41-29(38)21-14-20(8-9-23(21)33)34-26(36)15-35-28(37)25(43-30(35)39)13-18-11-22(31)27(24(12-18)40-2)42-16-17-4-6-19(32)7-5-17/h4-9,11-14H,3,10,15-16H2,1-2H3,(H,34,36)/b25-13+. The fraction of sp³-hybridized carbons (Fsp3) is 0.200. The van der Waals surface area contributed by atoms with Crippen LogP contribution < -0.4 is 14.8 Å². The molecule has 3 amide bonds. The molecule has 0 spiro atoms. The summed E-state index contributed by atoms with van der Waals surface area (Å²) in [5, 5.41) is 2.78. The zero-order valence-corrected chi connectivity index (χ0v) is 26.9. The van der Waals surface area contributed by atoms with Crippen LogP contribution in [-0.4, -0.2) is 48.2 Å². The van der Waals surface area contributed by atoms with Gasteiger partial charge in [0, 0.05) is 10.7 Å². The maximum Gasteiger partial charge on any atom is 0.339 e. The molecule has 0 bridgehead atoms. The van der Waals surface area contributed by atoms with Gasteiger partial charge in [-0.3, -0.25) is 19.3 Å². The van der Waals surface area contributed by atoms with Crippen molar-refractivity contribution in [3.05, 3.63) is 90.7 Å². The number of rotatable bonds is 11. The molecule has 0 atom stereocenters. The van der Waals surface area contributed by atoms with Gasteiger partial charge in [0.1, 0.15) is 13.2 Å². The topological polar surface area (TPSA) is 111 Å². The Morgan fingerprint density at radius 2 is 1.81 bits per heavy atom. The quantitative estimate of drug-likeness (QED) is 0.160. The monoisotopic (exact) mass is 706 g/mol. The normalized spacial score (nSPS) is 13.8. The number of amides is 3. The number of imide groups is 1. The van der Waals surface area contributed by atoms with Gasteiger partial charge in [0.05, 0.1) is 33.7 Å². The molecule has 4 rings (SSSR count). The number of esters is 1. The third-order valence-electron chi connectivity index (χ3n) is 5.93. The van der Waals surface area contributed by atoms with Crippen molar-refractivity contribution in [2.24, 2.45) is 0 Å². The molecule has 3 aromatic carbocycles. The summed E-state index contributed by atoms with van der Waals surface area (Å²) in [5.74, 6) is -1.01. The number of thioether (sulfide) groups is 1. The molecule has 1 saturated heterocycles. The van der Waals surface area contributed by atoms with Gasteiger partial charge in [0.2, 0.25) is 5.91 Å². The zero-order valence-electron chi connectivity index (χ0n) is 22.9. The largest absolute Gasteiger partial charge is 0.493 e. The van der Waals surface area contributed by atoms with Crippen LogP contribution in [0.5, 0.6) is 11.5 Å². The van der Waals surface area contributed by atoms with Gasteiger partial charge in [-0.05, 0) is 93.8 Å². The van der Waals surface area contributed by atoms with Gasteiger partial charge >= 0.3 is 5.97 Å². The Morgan fingerprint density at radius 1 is 1.07 bits per heavy atom. The fourth-order valence-corrected chi connectivity index (χ4v) is 5.60. The van der Waals surface area contributed by atoms with Gasteiger partial charge in [-0.2, -0.15) is 0 Å². The first-order valence-corrected chi connectivity index (χ1v) is 15.2. The molecule has 0 unspecified atom stereocenters. The van der Waals surface area contributed by atoms with Crippen molar-refractivity contribution in [1.29, 1.82) is 0 Å². The summed E-state index contributed by atoms with van der Waals surface area (Å²) >= 11 is 16.3. The molecule has 1 heterocycles. The first kappa shape index (κ1) is 32.4. The minimum Gasteiger partial charge on any atom is -0.493 e. The van der Waals surface area contributed by atoms with Crippen molar-refractivity contribution in [3.63, 3.8) is 0 Å². The molecule has 1 aliphatic heterocycles. The van der Waals surface area contributed by atoms with Crippen molar-refractivity contribution in [1.82, 2.24) is 4.90 Å². The van der Waals surface area contributed by atoms with E-state index in [1.165, 1.54) is 31.4 Å². The van der Waals surface area contributed by atoms with Gasteiger partial charge in [0.25, 0.3) is 11.1 Å². The van der Waals surface area contributed by atoms with Crippen LogP contribution >= 0.6 is 50.9 Å². The van der Waals surface area contributed by atoms with Crippen molar-refractivity contribution in [2.45, 2.75) is 20.0 Å². The second-order valence-corrected chi connectivity index (χ2v) is 11.8. The summed E-state index contributed by atoms with van der Waals surface area (Å²) < 4.78 is 17.1. The lowest BCUT2D eigenvalue weighted by molar-refractivity contribution is -0.127. The lowest BCUT2D eigenvalue weighted by Crippen LogP contribution is -2.36. The molecule has 224 valence electrons. The molecule has 1 N–H and O–H groups in total. The van der Waals surface area contributed by atoms with Gasteiger partial charge < -0.3 is 19.5 Å². The van der Waals surface area contributed by atoms with E-state index in [4.69, 9.17) is 37.4 Å². The van der Waals surface area contributed by atoms with E-state index in [1.54, 1.807) is 24.3 Å². The van der Waals surface area contributed by atoms with Crippen LogP contribution in [-0.2, 0) is 20.9 Å². The third-order valence-corrected chi connectivity index (χ3v) is 8.01. The van der Waals surface area contributed by atoms with Gasteiger partial charge in [-0.15, -0.1) is 0 Å². The second-order valence-electron chi connectivity index (χ2n) is 9.10. The zero-order chi connectivity index (χ0) is 31.1. The molecule has 9 nitrogen and oxygen atoms in total. The molecule has 3 aromatic rings. The number of carbonyl (C=O) groups excluding carboxylic acids is 4. The van der Waals surface area contributed by atoms with Gasteiger partial charge in [-0.25, -0.2) is 4.79 Å². The van der Waals surface area contributed by atoms with E-state index in [0.29, 0.717) is 44.7 Å². The molecule has 0 saturated carbocycles. The number of nitrogens with zero attached hydrogens (tertiary/aromatic N) is 1. The molecule has 13 heteroatoms. The highest BCUT2D eigenvalue weighted by Gasteiger charge is 2.36. The van der Waals surface area contributed by atoms with E-state index < -0.39 is 29.6 Å². The Morgan fingerprint density at radius 3 is 2.51 bits per heavy atom. The van der Waals surface area contributed by atoms with Gasteiger partial charge in [0.15, 0.2) is 11.5 Å². The van der Waals surface area contributed by atoms with E-state index in [-0.39, 0.29) is 34.4 Å². The fourth-order valence-electron chi connectivity index (χ4n) is 3.86.